The molecule has 0 unspecified atom stereocenters. The highest BCUT2D eigenvalue weighted by Crippen LogP contribution is 2.31. The molecule has 1 aliphatic heterocycles. The van der Waals surface area contributed by atoms with Crippen molar-refractivity contribution < 1.29 is 28.6 Å². The van der Waals surface area contributed by atoms with Gasteiger partial charge in [0.05, 0.1) is 0 Å². The van der Waals surface area contributed by atoms with Crippen LogP contribution in [0.15, 0.2) is 54.6 Å². The number of carbonyl (C=O) groups excluding carboxylic acids is 3. The molecule has 1 aliphatic rings. The summed E-state index contributed by atoms with van der Waals surface area (Å²) in [5, 5.41) is 4.39. The Bertz CT molecular complexity index is 839. The molecule has 2 aromatic carbocycles. The van der Waals surface area contributed by atoms with Gasteiger partial charge in [-0.3, -0.25) is 10.1 Å². The molecule has 3 amide bonds. The maximum absolute atomic E-state index is 12.5. The number of carbonyl (C=O) groups is 3. The molecule has 3 rings (SSSR count). The number of rotatable bonds is 4. The van der Waals surface area contributed by atoms with Crippen LogP contribution in [0.1, 0.15) is 11.7 Å². The minimum Gasteiger partial charge on any atom is -0.485 e. The van der Waals surface area contributed by atoms with Gasteiger partial charge < -0.3 is 19.5 Å². The summed E-state index contributed by atoms with van der Waals surface area (Å²) >= 11 is 0. The van der Waals surface area contributed by atoms with Gasteiger partial charge >= 0.3 is 12.0 Å². The number of imide groups is 1. The maximum Gasteiger partial charge on any atom is 0.352 e. The average molecular weight is 370 g/mol. The highest BCUT2D eigenvalue weighted by molar-refractivity contribution is 5.97. The highest BCUT2D eigenvalue weighted by atomic mass is 16.6. The van der Waals surface area contributed by atoms with Crippen LogP contribution in [0.4, 0.5) is 4.79 Å². The van der Waals surface area contributed by atoms with Crippen molar-refractivity contribution in [3.8, 4) is 11.5 Å². The molecule has 0 radical (unpaired) electrons. The van der Waals surface area contributed by atoms with Gasteiger partial charge in [0.2, 0.25) is 12.2 Å². The SMILES string of the molecule is CNC(=O)NC(=O)[C@H](OC(=O)[C@H]1COc2ccccc2O1)c1ccccc1. The number of esters is 1. The fraction of sp³-hybridized carbons (Fsp3) is 0.211. The van der Waals surface area contributed by atoms with Crippen molar-refractivity contribution in [3.63, 3.8) is 0 Å². The lowest BCUT2D eigenvalue weighted by Gasteiger charge is -2.26. The summed E-state index contributed by atoms with van der Waals surface area (Å²) in [6.45, 7) is -0.0472. The van der Waals surface area contributed by atoms with E-state index < -0.39 is 30.1 Å². The largest absolute Gasteiger partial charge is 0.485 e. The first-order valence-corrected chi connectivity index (χ1v) is 8.25. The van der Waals surface area contributed by atoms with E-state index in [1.165, 1.54) is 7.05 Å². The van der Waals surface area contributed by atoms with E-state index >= 15 is 0 Å². The van der Waals surface area contributed by atoms with Crippen LogP contribution in [-0.2, 0) is 14.3 Å². The molecule has 8 nitrogen and oxygen atoms in total. The molecular weight excluding hydrogens is 352 g/mol. The molecule has 2 aromatic rings. The Morgan fingerprint density at radius 1 is 1.04 bits per heavy atom. The first-order chi connectivity index (χ1) is 13.1. The predicted molar refractivity (Wildman–Crippen MR) is 94.2 cm³/mol. The maximum atomic E-state index is 12.5. The molecule has 140 valence electrons. The lowest BCUT2D eigenvalue weighted by molar-refractivity contribution is -0.165. The lowest BCUT2D eigenvalue weighted by atomic mass is 10.1. The second kappa shape index (κ2) is 8.22. The summed E-state index contributed by atoms with van der Waals surface area (Å²) in [6.07, 6.45) is -2.34. The molecular formula is C19H18N2O6. The number of hydrogen-bond acceptors (Lipinski definition) is 6. The van der Waals surface area contributed by atoms with Gasteiger partial charge in [0.15, 0.2) is 11.5 Å². The minimum atomic E-state index is -1.31. The number of fused-ring (bicyclic) bond motifs is 1. The zero-order valence-corrected chi connectivity index (χ0v) is 14.5. The van der Waals surface area contributed by atoms with Crippen molar-refractivity contribution >= 4 is 17.9 Å². The summed E-state index contributed by atoms with van der Waals surface area (Å²) in [5.41, 5.74) is 0.421. The quantitative estimate of drug-likeness (QED) is 0.792. The Kier molecular flexibility index (Phi) is 5.55. The number of ether oxygens (including phenoxy) is 3. The Morgan fingerprint density at radius 2 is 1.70 bits per heavy atom. The second-order valence-electron chi connectivity index (χ2n) is 5.66. The molecule has 0 aromatic heterocycles. The van der Waals surface area contributed by atoms with Crippen molar-refractivity contribution in [2.45, 2.75) is 12.2 Å². The van der Waals surface area contributed by atoms with Gasteiger partial charge in [-0.05, 0) is 12.1 Å². The topological polar surface area (TPSA) is 103 Å². The number of urea groups is 1. The summed E-state index contributed by atoms with van der Waals surface area (Å²) < 4.78 is 16.5. The summed E-state index contributed by atoms with van der Waals surface area (Å²) in [4.78, 5) is 36.4. The summed E-state index contributed by atoms with van der Waals surface area (Å²) in [5.74, 6) is -0.605. The Hall–Kier alpha value is -3.55. The van der Waals surface area contributed by atoms with Crippen LogP contribution in [0.3, 0.4) is 0 Å². The number of benzene rings is 2. The standard InChI is InChI=1S/C19H18N2O6/c1-20-19(24)21-17(22)16(12-7-3-2-4-8-12)27-18(23)15-11-25-13-9-5-6-10-14(13)26-15/h2-10,15-16H,11H2,1H3,(H2,20,21,22,24)/t15-,16-/m1/s1. The third kappa shape index (κ3) is 4.35. The number of amides is 3. The van der Waals surface area contributed by atoms with Gasteiger partial charge in [0.25, 0.3) is 5.91 Å². The second-order valence-corrected chi connectivity index (χ2v) is 5.66. The number of nitrogens with one attached hydrogen (secondary N) is 2. The molecule has 0 bridgehead atoms. The van der Waals surface area contributed by atoms with E-state index in [9.17, 15) is 14.4 Å². The zero-order valence-electron chi connectivity index (χ0n) is 14.5. The van der Waals surface area contributed by atoms with Gasteiger partial charge in [-0.25, -0.2) is 9.59 Å². The molecule has 0 aliphatic carbocycles. The molecule has 8 heteroatoms. The van der Waals surface area contributed by atoms with E-state index in [4.69, 9.17) is 14.2 Å². The van der Waals surface area contributed by atoms with Crippen LogP contribution in [0, 0.1) is 0 Å². The van der Waals surface area contributed by atoms with E-state index in [0.29, 0.717) is 17.1 Å². The molecule has 0 spiro atoms. The fourth-order valence-corrected chi connectivity index (χ4v) is 2.47. The van der Waals surface area contributed by atoms with Gasteiger partial charge in [-0.15, -0.1) is 0 Å². The fourth-order valence-electron chi connectivity index (χ4n) is 2.47. The lowest BCUT2D eigenvalue weighted by Crippen LogP contribution is -2.44. The van der Waals surface area contributed by atoms with Gasteiger partial charge in [0, 0.05) is 12.6 Å². The Morgan fingerprint density at radius 3 is 2.41 bits per heavy atom. The normalized spacial score (nSPS) is 16.0. The van der Waals surface area contributed by atoms with Gasteiger partial charge in [0.1, 0.15) is 6.61 Å². The molecule has 2 N–H and O–H groups in total. The van der Waals surface area contributed by atoms with Crippen LogP contribution in [0.5, 0.6) is 11.5 Å². The molecule has 2 atom stereocenters. The van der Waals surface area contributed by atoms with Crippen LogP contribution < -0.4 is 20.1 Å². The van der Waals surface area contributed by atoms with E-state index in [-0.39, 0.29) is 6.61 Å². The van der Waals surface area contributed by atoms with Crippen LogP contribution >= 0.6 is 0 Å². The third-order valence-electron chi connectivity index (χ3n) is 3.81. The first kappa shape index (κ1) is 18.2. The molecule has 0 fully saturated rings. The van der Waals surface area contributed by atoms with E-state index in [2.05, 4.69) is 10.6 Å². The smallest absolute Gasteiger partial charge is 0.352 e. The minimum absolute atomic E-state index is 0.0472. The van der Waals surface area contributed by atoms with Crippen molar-refractivity contribution in [1.82, 2.24) is 10.6 Å². The molecule has 27 heavy (non-hydrogen) atoms. The van der Waals surface area contributed by atoms with E-state index in [0.717, 1.165) is 0 Å². The highest BCUT2D eigenvalue weighted by Gasteiger charge is 2.33. The van der Waals surface area contributed by atoms with Crippen molar-refractivity contribution in [2.24, 2.45) is 0 Å². The molecule has 0 saturated heterocycles. The van der Waals surface area contributed by atoms with Crippen molar-refractivity contribution in [2.75, 3.05) is 13.7 Å². The number of hydrogen-bond donors (Lipinski definition) is 2. The average Bonchev–Trinajstić information content (AvgIpc) is 2.71. The molecule has 0 saturated carbocycles. The Balaban J connectivity index is 1.75. The summed E-state index contributed by atoms with van der Waals surface area (Å²) in [7, 11) is 1.37. The Labute approximate surface area is 155 Å². The summed E-state index contributed by atoms with van der Waals surface area (Å²) in [6, 6.07) is 14.6. The van der Waals surface area contributed by atoms with Crippen molar-refractivity contribution in [1.29, 1.82) is 0 Å². The third-order valence-corrected chi connectivity index (χ3v) is 3.81. The molecule has 1 heterocycles. The van der Waals surface area contributed by atoms with E-state index in [1.807, 2.05) is 0 Å². The van der Waals surface area contributed by atoms with Crippen LogP contribution in [-0.4, -0.2) is 37.7 Å². The van der Waals surface area contributed by atoms with Crippen molar-refractivity contribution in [3.05, 3.63) is 60.2 Å². The van der Waals surface area contributed by atoms with Gasteiger partial charge in [-0.2, -0.15) is 0 Å². The van der Waals surface area contributed by atoms with Crippen LogP contribution in [0.2, 0.25) is 0 Å². The number of para-hydroxylation sites is 2. The monoisotopic (exact) mass is 370 g/mol. The predicted octanol–water partition coefficient (Wildman–Crippen LogP) is 1.57. The zero-order chi connectivity index (χ0) is 19.2. The first-order valence-electron chi connectivity index (χ1n) is 8.25. The van der Waals surface area contributed by atoms with Gasteiger partial charge in [-0.1, -0.05) is 42.5 Å². The van der Waals surface area contributed by atoms with E-state index in [1.54, 1.807) is 54.6 Å². The van der Waals surface area contributed by atoms with Crippen LogP contribution in [0.25, 0.3) is 0 Å².